The van der Waals surface area contributed by atoms with Gasteiger partial charge in [0.1, 0.15) is 0 Å². The molecule has 0 aromatic rings. The lowest BCUT2D eigenvalue weighted by Gasteiger charge is -2.25. The van der Waals surface area contributed by atoms with E-state index < -0.39 is 5.97 Å². The van der Waals surface area contributed by atoms with Crippen LogP contribution in [0.3, 0.4) is 0 Å². The van der Waals surface area contributed by atoms with Crippen LogP contribution in [-0.2, 0) is 4.79 Å². The van der Waals surface area contributed by atoms with Gasteiger partial charge < -0.3 is 35.8 Å². The molecule has 0 fully saturated rings. The van der Waals surface area contributed by atoms with Crippen molar-refractivity contribution in [3.05, 3.63) is 12.2 Å². The van der Waals surface area contributed by atoms with Gasteiger partial charge >= 0.3 is 0 Å². The molecule has 0 N–H and O–H groups in total. The first kappa shape index (κ1) is 28.7. The van der Waals surface area contributed by atoms with E-state index in [0.717, 1.165) is 8.97 Å². The Bertz CT molecular complexity index is 237. The second-order valence-electron chi connectivity index (χ2n) is 6.20. The van der Waals surface area contributed by atoms with Crippen molar-refractivity contribution in [2.24, 2.45) is 0 Å². The molecule has 0 radical (unpaired) electrons. The molecule has 0 aromatic heterocycles. The number of carboxylic acids is 1. The van der Waals surface area contributed by atoms with Crippen LogP contribution in [0.4, 0.5) is 0 Å². The van der Waals surface area contributed by atoms with Crippen molar-refractivity contribution in [1.29, 1.82) is 0 Å². The number of halogens is 1. The summed E-state index contributed by atoms with van der Waals surface area (Å²) in [5, 5.41) is 9.49. The minimum atomic E-state index is -1.19. The Morgan fingerprint density at radius 3 is 1.00 bits per heavy atom. The Labute approximate surface area is 143 Å². The minimum Gasteiger partial charge on any atom is -1.00 e. The number of nitrogens with zero attached hydrogens (tertiary/aromatic N) is 2. The summed E-state index contributed by atoms with van der Waals surface area (Å²) >= 11 is 0. The van der Waals surface area contributed by atoms with Gasteiger partial charge in [-0.3, -0.25) is 0 Å². The molecule has 4 nitrogen and oxygen atoms in total. The summed E-state index contributed by atoms with van der Waals surface area (Å²) in [6.45, 7) is 18.3. The third kappa shape index (κ3) is 25.0. The molecule has 0 amide bonds. The van der Waals surface area contributed by atoms with Crippen LogP contribution < -0.4 is 22.1 Å². The lowest BCUT2D eigenvalue weighted by atomic mass is 10.4. The largest absolute Gasteiger partial charge is 1.00 e. The summed E-state index contributed by atoms with van der Waals surface area (Å²) in [5.74, 6) is -1.19. The van der Waals surface area contributed by atoms with Crippen LogP contribution >= 0.6 is 0 Å². The fourth-order valence-electron chi connectivity index (χ4n) is 0.447. The lowest BCUT2D eigenvalue weighted by Crippen LogP contribution is -3.00. The van der Waals surface area contributed by atoms with Gasteiger partial charge in [0.25, 0.3) is 0 Å². The maximum Gasteiger partial charge on any atom is 0.0753 e. The Kier molecular flexibility index (Phi) is 19.9. The predicted molar refractivity (Wildman–Crippen MR) is 86.2 cm³/mol. The second kappa shape index (κ2) is 14.5. The molecular weight excluding hydrogens is 332 g/mol. The molecule has 130 valence electrons. The molecule has 0 aromatic carbocycles. The van der Waals surface area contributed by atoms with Crippen LogP contribution in [0.1, 0.15) is 34.6 Å². The zero-order valence-electron chi connectivity index (χ0n) is 15.6. The SMILES string of the molecule is C=C(C)C(=O)[O-].CC[N+](C)(C)CC.CC[N+](C)(C)CC.[Br-]. The standard InChI is InChI=1S/2C6H16N.C4H6O2.BrH/c2*1-5-7(3,4)6-2;1-3(2)4(5)6;/h2*5-6H2,1-4H3;1H2,2H3,(H,5,6);1H/q2*+1;;/p-2. The molecule has 0 aliphatic rings. The van der Waals surface area contributed by atoms with Crippen molar-refractivity contribution >= 4 is 5.97 Å². The highest BCUT2D eigenvalue weighted by molar-refractivity contribution is 5.82. The predicted octanol–water partition coefficient (Wildman–Crippen LogP) is -1.48. The Morgan fingerprint density at radius 1 is 0.857 bits per heavy atom. The molecule has 0 bridgehead atoms. The molecule has 0 aliphatic carbocycles. The normalized spacial score (nSPS) is 10.1. The van der Waals surface area contributed by atoms with Crippen LogP contribution in [-0.4, -0.2) is 69.3 Å². The summed E-state index contributed by atoms with van der Waals surface area (Å²) in [5.41, 5.74) is 0.0648. The van der Waals surface area contributed by atoms with Crippen LogP contribution in [0.5, 0.6) is 0 Å². The third-order valence-corrected chi connectivity index (χ3v) is 3.77. The van der Waals surface area contributed by atoms with Crippen molar-refractivity contribution in [2.45, 2.75) is 34.6 Å². The number of carbonyl (C=O) groups excluding carboxylic acids is 1. The van der Waals surface area contributed by atoms with E-state index in [-0.39, 0.29) is 22.6 Å². The molecule has 21 heavy (non-hydrogen) atoms. The van der Waals surface area contributed by atoms with E-state index in [0.29, 0.717) is 0 Å². The number of aliphatic carboxylic acids is 1. The van der Waals surface area contributed by atoms with Gasteiger partial charge in [0.15, 0.2) is 0 Å². The van der Waals surface area contributed by atoms with Gasteiger partial charge in [0.2, 0.25) is 0 Å². The topological polar surface area (TPSA) is 40.1 Å². The van der Waals surface area contributed by atoms with Crippen LogP contribution in [0.2, 0.25) is 0 Å². The molecule has 0 heterocycles. The summed E-state index contributed by atoms with van der Waals surface area (Å²) in [4.78, 5) is 9.49. The maximum absolute atomic E-state index is 9.49. The average Bonchev–Trinajstić information content (AvgIpc) is 2.40. The van der Waals surface area contributed by atoms with E-state index in [1.54, 1.807) is 0 Å². The minimum absolute atomic E-state index is 0. The zero-order chi connectivity index (χ0) is 17.0. The van der Waals surface area contributed by atoms with Crippen molar-refractivity contribution < 1.29 is 35.8 Å². The first-order valence-electron chi connectivity index (χ1n) is 7.39. The van der Waals surface area contributed by atoms with E-state index >= 15 is 0 Å². The number of hydrogen-bond donors (Lipinski definition) is 0. The lowest BCUT2D eigenvalue weighted by molar-refractivity contribution is -0.886. The Morgan fingerprint density at radius 2 is 1.00 bits per heavy atom. The third-order valence-electron chi connectivity index (χ3n) is 3.77. The van der Waals surface area contributed by atoms with E-state index in [2.05, 4.69) is 62.5 Å². The van der Waals surface area contributed by atoms with Crippen LogP contribution in [0.15, 0.2) is 12.2 Å². The van der Waals surface area contributed by atoms with E-state index in [4.69, 9.17) is 0 Å². The number of hydrogen-bond acceptors (Lipinski definition) is 2. The van der Waals surface area contributed by atoms with Crippen molar-refractivity contribution in [3.8, 4) is 0 Å². The fraction of sp³-hybridized carbons (Fsp3) is 0.812. The summed E-state index contributed by atoms with van der Waals surface area (Å²) in [6, 6.07) is 0. The van der Waals surface area contributed by atoms with Gasteiger partial charge in [0.05, 0.1) is 60.3 Å². The van der Waals surface area contributed by atoms with Crippen LogP contribution in [0, 0.1) is 0 Å². The molecular formula is C16H37BrN2O2. The number of rotatable bonds is 5. The fourth-order valence-corrected chi connectivity index (χ4v) is 0.447. The van der Waals surface area contributed by atoms with E-state index in [1.807, 2.05) is 0 Å². The Hall–Kier alpha value is -0.390. The van der Waals surface area contributed by atoms with Gasteiger partial charge in [-0.15, -0.1) is 0 Å². The highest BCUT2D eigenvalue weighted by Gasteiger charge is 2.05. The molecule has 5 heteroatoms. The number of carbonyl (C=O) groups is 1. The first-order chi connectivity index (χ1) is 8.89. The quantitative estimate of drug-likeness (QED) is 0.438. The van der Waals surface area contributed by atoms with Gasteiger partial charge in [-0.05, 0) is 40.2 Å². The highest BCUT2D eigenvalue weighted by atomic mass is 79.9. The summed E-state index contributed by atoms with van der Waals surface area (Å²) < 4.78 is 2.28. The average molecular weight is 369 g/mol. The number of quaternary nitrogens is 2. The molecule has 0 atom stereocenters. The van der Waals surface area contributed by atoms with Crippen molar-refractivity contribution in [1.82, 2.24) is 0 Å². The first-order valence-corrected chi connectivity index (χ1v) is 7.39. The van der Waals surface area contributed by atoms with E-state index in [9.17, 15) is 9.90 Å². The zero-order valence-corrected chi connectivity index (χ0v) is 17.2. The molecule has 0 aliphatic heterocycles. The van der Waals surface area contributed by atoms with Gasteiger partial charge in [-0.25, -0.2) is 0 Å². The van der Waals surface area contributed by atoms with Gasteiger partial charge in [-0.2, -0.15) is 0 Å². The van der Waals surface area contributed by atoms with Gasteiger partial charge in [0, 0.05) is 0 Å². The monoisotopic (exact) mass is 368 g/mol. The number of carboxylic acid groups (broad SMARTS) is 1. The van der Waals surface area contributed by atoms with Crippen molar-refractivity contribution in [2.75, 3.05) is 54.4 Å². The molecule has 0 rings (SSSR count). The van der Waals surface area contributed by atoms with Gasteiger partial charge in [-0.1, -0.05) is 6.58 Å². The summed E-state index contributed by atoms with van der Waals surface area (Å²) in [6.07, 6.45) is 0. The smallest absolute Gasteiger partial charge is 0.0753 e. The molecule has 0 saturated carbocycles. The maximum atomic E-state index is 9.49. The summed E-state index contributed by atoms with van der Waals surface area (Å²) in [7, 11) is 8.94. The Balaban J connectivity index is -0.000000101. The highest BCUT2D eigenvalue weighted by Crippen LogP contribution is 1.92. The van der Waals surface area contributed by atoms with Crippen molar-refractivity contribution in [3.63, 3.8) is 0 Å². The second-order valence-corrected chi connectivity index (χ2v) is 6.20. The molecule has 0 spiro atoms. The molecule has 0 unspecified atom stereocenters. The molecule has 0 saturated heterocycles. The van der Waals surface area contributed by atoms with Crippen LogP contribution in [0.25, 0.3) is 0 Å². The van der Waals surface area contributed by atoms with E-state index in [1.165, 1.54) is 33.1 Å².